The summed E-state index contributed by atoms with van der Waals surface area (Å²) in [5.74, 6) is 0.176. The average molecular weight is 361 g/mol. The van der Waals surface area contributed by atoms with Crippen molar-refractivity contribution in [2.24, 2.45) is 0 Å². The summed E-state index contributed by atoms with van der Waals surface area (Å²) in [5, 5.41) is 0. The summed E-state index contributed by atoms with van der Waals surface area (Å²) in [6, 6.07) is 13.5. The lowest BCUT2D eigenvalue weighted by Gasteiger charge is -2.22. The van der Waals surface area contributed by atoms with E-state index >= 15 is 0 Å². The molecule has 3 rings (SSSR count). The van der Waals surface area contributed by atoms with E-state index in [1.54, 1.807) is 13.1 Å². The molecule has 0 fully saturated rings. The van der Waals surface area contributed by atoms with E-state index in [1.807, 2.05) is 24.3 Å². The topological polar surface area (TPSA) is 46.6 Å². The number of allylic oxidation sites excluding steroid dienone is 1. The highest BCUT2D eigenvalue weighted by Gasteiger charge is 2.25. The molecule has 0 amide bonds. The Balaban J connectivity index is 1.64. The number of aryl methyl sites for hydroxylation is 1. The van der Waals surface area contributed by atoms with Crippen molar-refractivity contribution in [1.29, 1.82) is 0 Å². The highest BCUT2D eigenvalue weighted by Crippen LogP contribution is 2.28. The predicted octanol–water partition coefficient (Wildman–Crippen LogP) is 3.45. The Morgan fingerprint density at radius 2 is 1.80 bits per heavy atom. The molecule has 0 saturated heterocycles. The van der Waals surface area contributed by atoms with Gasteiger partial charge in [-0.05, 0) is 54.3 Å². The molecule has 0 heterocycles. The van der Waals surface area contributed by atoms with Crippen LogP contribution in [-0.4, -0.2) is 32.9 Å². The molecule has 2 aromatic rings. The predicted molar refractivity (Wildman–Crippen MR) is 96.2 cm³/mol. The van der Waals surface area contributed by atoms with Crippen LogP contribution < -0.4 is 4.74 Å². The number of nitrogens with zero attached hydrogens (tertiary/aromatic N) is 1. The Morgan fingerprint density at radius 3 is 2.56 bits per heavy atom. The molecule has 0 atom stereocenters. The molecule has 6 heteroatoms. The number of hydrogen-bond donors (Lipinski definition) is 0. The lowest BCUT2D eigenvalue weighted by molar-refractivity contribution is 0.287. The molecule has 0 saturated carbocycles. The summed E-state index contributed by atoms with van der Waals surface area (Å²) in [6.45, 7) is 0.421. The van der Waals surface area contributed by atoms with Crippen LogP contribution in [0.5, 0.6) is 5.75 Å². The van der Waals surface area contributed by atoms with Crippen molar-refractivity contribution >= 4 is 16.1 Å². The Kier molecular flexibility index (Phi) is 5.20. The molecule has 4 nitrogen and oxygen atoms in total. The number of sulfonamides is 1. The second kappa shape index (κ2) is 7.37. The highest BCUT2D eigenvalue weighted by molar-refractivity contribution is 7.93. The second-order valence-corrected chi connectivity index (χ2v) is 8.04. The molecule has 0 unspecified atom stereocenters. The summed E-state index contributed by atoms with van der Waals surface area (Å²) >= 11 is 0. The monoisotopic (exact) mass is 361 g/mol. The first kappa shape index (κ1) is 17.6. The van der Waals surface area contributed by atoms with Crippen molar-refractivity contribution in [3.63, 3.8) is 0 Å². The smallest absolute Gasteiger partial charge is 0.239 e. The number of hydrogen-bond acceptors (Lipinski definition) is 3. The molecule has 0 aromatic heterocycles. The van der Waals surface area contributed by atoms with Gasteiger partial charge in [0.05, 0.1) is 4.91 Å². The first-order valence-corrected chi connectivity index (χ1v) is 9.54. The van der Waals surface area contributed by atoms with Gasteiger partial charge in [-0.2, -0.15) is 4.31 Å². The summed E-state index contributed by atoms with van der Waals surface area (Å²) < 4.78 is 45.1. The van der Waals surface area contributed by atoms with E-state index in [9.17, 15) is 12.8 Å². The molecule has 0 spiro atoms. The summed E-state index contributed by atoms with van der Waals surface area (Å²) in [5.41, 5.74) is 2.13. The van der Waals surface area contributed by atoms with Gasteiger partial charge in [0, 0.05) is 13.6 Å². The molecule has 1 aliphatic rings. The average Bonchev–Trinajstić information content (AvgIpc) is 2.62. The minimum atomic E-state index is -3.51. The van der Waals surface area contributed by atoms with E-state index in [2.05, 4.69) is 0 Å². The molecule has 1 aliphatic carbocycles. The fourth-order valence-corrected chi connectivity index (χ4v) is 4.10. The minimum Gasteiger partial charge on any atom is -0.492 e. The van der Waals surface area contributed by atoms with Gasteiger partial charge in [-0.25, -0.2) is 12.8 Å². The third-order valence-electron chi connectivity index (χ3n) is 4.24. The quantitative estimate of drug-likeness (QED) is 0.792. The Morgan fingerprint density at radius 1 is 1.08 bits per heavy atom. The number of likely N-dealkylation sites (N-methyl/N-ethyl adjacent to an activating group) is 1. The molecular formula is C19H20FNO3S. The van der Waals surface area contributed by atoms with E-state index in [1.165, 1.54) is 34.1 Å². The van der Waals surface area contributed by atoms with Gasteiger partial charge in [-0.3, -0.25) is 0 Å². The molecule has 2 aromatic carbocycles. The molecule has 25 heavy (non-hydrogen) atoms. The maximum absolute atomic E-state index is 12.9. The highest BCUT2D eigenvalue weighted by atomic mass is 32.2. The lowest BCUT2D eigenvalue weighted by Crippen LogP contribution is -2.32. The standard InChI is InChI=1S/C19H20FNO3S/c1-21(12-13-24-18-9-7-17(20)8-10-18)25(22,23)19-11-6-15-4-2-3-5-16(15)14-19/h2-5,7-10,14H,6,11-13H2,1H3. The van der Waals surface area contributed by atoms with Crippen LogP contribution in [0.15, 0.2) is 53.4 Å². The third-order valence-corrected chi connectivity index (χ3v) is 6.23. The van der Waals surface area contributed by atoms with Gasteiger partial charge in [-0.15, -0.1) is 0 Å². The van der Waals surface area contributed by atoms with Gasteiger partial charge in [0.15, 0.2) is 0 Å². The number of benzene rings is 2. The molecule has 0 radical (unpaired) electrons. The van der Waals surface area contributed by atoms with Crippen molar-refractivity contribution in [2.75, 3.05) is 20.2 Å². The maximum atomic E-state index is 12.9. The fraction of sp³-hybridized carbons (Fsp3) is 0.263. The van der Waals surface area contributed by atoms with Crippen LogP contribution in [-0.2, 0) is 16.4 Å². The van der Waals surface area contributed by atoms with Crippen molar-refractivity contribution in [1.82, 2.24) is 4.31 Å². The van der Waals surface area contributed by atoms with Crippen molar-refractivity contribution in [3.05, 3.63) is 70.4 Å². The van der Waals surface area contributed by atoms with Gasteiger partial charge >= 0.3 is 0 Å². The van der Waals surface area contributed by atoms with Gasteiger partial charge in [-0.1, -0.05) is 24.3 Å². The minimum absolute atomic E-state index is 0.200. The van der Waals surface area contributed by atoms with Crippen LogP contribution in [0, 0.1) is 5.82 Å². The van der Waals surface area contributed by atoms with Crippen LogP contribution in [0.2, 0.25) is 0 Å². The number of ether oxygens (including phenoxy) is 1. The lowest BCUT2D eigenvalue weighted by atomic mass is 9.98. The van der Waals surface area contributed by atoms with E-state index in [4.69, 9.17) is 4.74 Å². The first-order valence-electron chi connectivity index (χ1n) is 8.10. The van der Waals surface area contributed by atoms with E-state index in [0.29, 0.717) is 17.1 Å². The first-order chi connectivity index (χ1) is 12.0. The molecule has 0 aliphatic heterocycles. The molecular weight excluding hydrogens is 341 g/mol. The van der Waals surface area contributed by atoms with E-state index < -0.39 is 10.0 Å². The largest absolute Gasteiger partial charge is 0.492 e. The van der Waals surface area contributed by atoms with Crippen LogP contribution in [0.25, 0.3) is 6.08 Å². The summed E-state index contributed by atoms with van der Waals surface area (Å²) in [7, 11) is -1.97. The summed E-state index contributed by atoms with van der Waals surface area (Å²) in [6.07, 6.45) is 2.98. The zero-order chi connectivity index (χ0) is 17.9. The normalized spacial score (nSPS) is 14.1. The fourth-order valence-electron chi connectivity index (χ4n) is 2.75. The Hall–Kier alpha value is -2.18. The van der Waals surface area contributed by atoms with Gasteiger partial charge in [0.2, 0.25) is 10.0 Å². The third kappa shape index (κ3) is 4.08. The number of fused-ring (bicyclic) bond motifs is 1. The van der Waals surface area contributed by atoms with Crippen LogP contribution in [0.4, 0.5) is 4.39 Å². The van der Waals surface area contributed by atoms with Crippen LogP contribution >= 0.6 is 0 Å². The zero-order valence-electron chi connectivity index (χ0n) is 14.0. The molecule has 0 bridgehead atoms. The Labute approximate surface area is 147 Å². The summed E-state index contributed by atoms with van der Waals surface area (Å²) in [4.78, 5) is 0.426. The molecule has 0 N–H and O–H groups in total. The van der Waals surface area contributed by atoms with Crippen molar-refractivity contribution < 1.29 is 17.5 Å². The van der Waals surface area contributed by atoms with Crippen molar-refractivity contribution in [2.45, 2.75) is 12.8 Å². The van der Waals surface area contributed by atoms with Gasteiger partial charge in [0.25, 0.3) is 0 Å². The SMILES string of the molecule is CN(CCOc1ccc(F)cc1)S(=O)(=O)C1=Cc2ccccc2CC1. The van der Waals surface area contributed by atoms with Crippen LogP contribution in [0.3, 0.4) is 0 Å². The van der Waals surface area contributed by atoms with Gasteiger partial charge < -0.3 is 4.74 Å². The number of rotatable bonds is 6. The number of halogens is 1. The second-order valence-electron chi connectivity index (χ2n) is 5.94. The van der Waals surface area contributed by atoms with E-state index in [-0.39, 0.29) is 19.0 Å². The van der Waals surface area contributed by atoms with Crippen LogP contribution in [0.1, 0.15) is 17.5 Å². The maximum Gasteiger partial charge on any atom is 0.239 e. The van der Waals surface area contributed by atoms with Gasteiger partial charge in [0.1, 0.15) is 18.2 Å². The zero-order valence-corrected chi connectivity index (χ0v) is 14.8. The van der Waals surface area contributed by atoms with E-state index in [0.717, 1.165) is 12.0 Å². The Bertz CT molecular complexity index is 876. The molecule has 132 valence electrons. The van der Waals surface area contributed by atoms with Crippen molar-refractivity contribution in [3.8, 4) is 5.75 Å².